The van der Waals surface area contributed by atoms with Gasteiger partial charge in [-0.05, 0) is 94.3 Å². The number of hydrogen-bond donors (Lipinski definition) is 0. The third-order valence-electron chi connectivity index (χ3n) is 6.29. The van der Waals surface area contributed by atoms with Crippen molar-refractivity contribution in [1.82, 2.24) is 0 Å². The molecule has 2 aliphatic rings. The summed E-state index contributed by atoms with van der Waals surface area (Å²) < 4.78 is 0. The van der Waals surface area contributed by atoms with Gasteiger partial charge < -0.3 is 0 Å². The van der Waals surface area contributed by atoms with Crippen molar-refractivity contribution in [3.05, 3.63) is 37.5 Å². The molecule has 2 rings (SSSR count). The average Bonchev–Trinajstić information content (AvgIpc) is 2.59. The molecular formula is C23H38. The van der Waals surface area contributed by atoms with Crippen molar-refractivity contribution < 1.29 is 0 Å². The van der Waals surface area contributed by atoms with Crippen LogP contribution in [0.25, 0.3) is 0 Å². The molecule has 0 amide bonds. The van der Waals surface area contributed by atoms with Crippen molar-refractivity contribution in [1.29, 1.82) is 0 Å². The van der Waals surface area contributed by atoms with E-state index in [0.717, 1.165) is 23.7 Å². The molecule has 0 N–H and O–H groups in total. The Kier molecular flexibility index (Phi) is 8.79. The maximum Gasteiger partial charge on any atom is -0.0233 e. The van der Waals surface area contributed by atoms with E-state index >= 15 is 0 Å². The van der Waals surface area contributed by atoms with Gasteiger partial charge in [0.2, 0.25) is 0 Å². The third-order valence-corrected chi connectivity index (χ3v) is 6.29. The first-order valence-electron chi connectivity index (χ1n) is 10.2. The smallest absolute Gasteiger partial charge is 0.0233 e. The van der Waals surface area contributed by atoms with Crippen molar-refractivity contribution in [2.45, 2.75) is 83.5 Å². The van der Waals surface area contributed by atoms with Crippen LogP contribution < -0.4 is 0 Å². The summed E-state index contributed by atoms with van der Waals surface area (Å²) in [7, 11) is 0. The molecule has 2 aliphatic carbocycles. The van der Waals surface area contributed by atoms with Crippen LogP contribution in [0.1, 0.15) is 83.5 Å². The van der Waals surface area contributed by atoms with Gasteiger partial charge in [-0.3, -0.25) is 0 Å². The van der Waals surface area contributed by atoms with Crippen LogP contribution in [0.5, 0.6) is 0 Å². The van der Waals surface area contributed by atoms with E-state index in [4.69, 9.17) is 0 Å². The van der Waals surface area contributed by atoms with E-state index in [1.165, 1.54) is 83.5 Å². The molecule has 0 nitrogen and oxygen atoms in total. The van der Waals surface area contributed by atoms with E-state index in [-0.39, 0.29) is 0 Å². The first-order chi connectivity index (χ1) is 11.3. The molecular weight excluding hydrogens is 276 g/mol. The SMILES string of the molecule is C=CCCC1CCC(/C=C/CCC2CCC(CC=C)CC2)CC1. The minimum atomic E-state index is 0.873. The van der Waals surface area contributed by atoms with Gasteiger partial charge in [0.25, 0.3) is 0 Å². The molecule has 0 radical (unpaired) electrons. The van der Waals surface area contributed by atoms with Gasteiger partial charge in [-0.2, -0.15) is 0 Å². The predicted molar refractivity (Wildman–Crippen MR) is 104 cm³/mol. The Morgan fingerprint density at radius 3 is 1.83 bits per heavy atom. The highest BCUT2D eigenvalue weighted by molar-refractivity contribution is 4.92. The molecule has 0 heteroatoms. The first-order valence-corrected chi connectivity index (χ1v) is 10.2. The lowest BCUT2D eigenvalue weighted by Crippen LogP contribution is -2.14. The fourth-order valence-corrected chi connectivity index (χ4v) is 4.64. The lowest BCUT2D eigenvalue weighted by molar-refractivity contribution is 0.265. The van der Waals surface area contributed by atoms with Gasteiger partial charge >= 0.3 is 0 Å². The van der Waals surface area contributed by atoms with Crippen LogP contribution in [0.15, 0.2) is 37.5 Å². The van der Waals surface area contributed by atoms with Crippen molar-refractivity contribution in [2.24, 2.45) is 23.7 Å². The molecule has 0 saturated heterocycles. The molecule has 0 atom stereocenters. The number of hydrogen-bond acceptors (Lipinski definition) is 0. The summed E-state index contributed by atoms with van der Waals surface area (Å²) >= 11 is 0. The van der Waals surface area contributed by atoms with Gasteiger partial charge in [-0.25, -0.2) is 0 Å². The molecule has 2 fully saturated rings. The summed E-state index contributed by atoms with van der Waals surface area (Å²) in [6.45, 7) is 7.73. The topological polar surface area (TPSA) is 0 Å². The largest absolute Gasteiger partial charge is 0.103 e. The summed E-state index contributed by atoms with van der Waals surface area (Å²) in [5, 5.41) is 0. The minimum Gasteiger partial charge on any atom is -0.103 e. The minimum absolute atomic E-state index is 0.873. The second kappa shape index (κ2) is 10.9. The fourth-order valence-electron chi connectivity index (χ4n) is 4.64. The maximum absolute atomic E-state index is 3.88. The Hall–Kier alpha value is -0.780. The molecule has 0 spiro atoms. The standard InChI is InChI=1S/C23H38/c1-3-5-9-21-16-18-23(19-17-21)11-7-6-10-22-14-12-20(8-4-2)13-15-22/h3-4,7,11,20-23H,1-2,5-6,8-10,12-19H2/b11-7+. The first kappa shape index (κ1) is 18.6. The number of rotatable bonds is 9. The van der Waals surface area contributed by atoms with E-state index in [0.29, 0.717) is 0 Å². The van der Waals surface area contributed by atoms with Gasteiger partial charge in [0, 0.05) is 0 Å². The average molecular weight is 315 g/mol. The van der Waals surface area contributed by atoms with E-state index < -0.39 is 0 Å². The van der Waals surface area contributed by atoms with Crippen LogP contribution in [-0.4, -0.2) is 0 Å². The lowest BCUT2D eigenvalue weighted by Gasteiger charge is -2.28. The zero-order valence-electron chi connectivity index (χ0n) is 15.2. The van der Waals surface area contributed by atoms with E-state index in [1.807, 2.05) is 0 Å². The van der Waals surface area contributed by atoms with Crippen LogP contribution in [0.4, 0.5) is 0 Å². The molecule has 0 heterocycles. The zero-order chi connectivity index (χ0) is 16.3. The molecule has 130 valence electrons. The Labute approximate surface area is 145 Å². The highest BCUT2D eigenvalue weighted by Crippen LogP contribution is 2.34. The second-order valence-electron chi connectivity index (χ2n) is 8.06. The Balaban J connectivity index is 1.54. The molecule has 23 heavy (non-hydrogen) atoms. The molecule has 0 aromatic heterocycles. The summed E-state index contributed by atoms with van der Waals surface area (Å²) in [5.41, 5.74) is 0. The highest BCUT2D eigenvalue weighted by Gasteiger charge is 2.20. The maximum atomic E-state index is 3.88. The molecule has 0 aromatic carbocycles. The molecule has 0 aliphatic heterocycles. The Morgan fingerprint density at radius 1 is 0.652 bits per heavy atom. The predicted octanol–water partition coefficient (Wildman–Crippen LogP) is 7.48. The van der Waals surface area contributed by atoms with Gasteiger partial charge in [-0.1, -0.05) is 37.1 Å². The lowest BCUT2D eigenvalue weighted by atomic mass is 9.78. The van der Waals surface area contributed by atoms with Crippen LogP contribution in [0.2, 0.25) is 0 Å². The van der Waals surface area contributed by atoms with E-state index in [1.54, 1.807) is 0 Å². The summed E-state index contributed by atoms with van der Waals surface area (Å²) in [5.74, 6) is 3.78. The van der Waals surface area contributed by atoms with Gasteiger partial charge in [0.15, 0.2) is 0 Å². The highest BCUT2D eigenvalue weighted by atomic mass is 14.3. The Bertz CT molecular complexity index is 348. The van der Waals surface area contributed by atoms with Crippen molar-refractivity contribution in [2.75, 3.05) is 0 Å². The monoisotopic (exact) mass is 314 g/mol. The van der Waals surface area contributed by atoms with Gasteiger partial charge in [0.05, 0.1) is 0 Å². The summed E-state index contributed by atoms with van der Waals surface area (Å²) in [4.78, 5) is 0. The zero-order valence-corrected chi connectivity index (χ0v) is 15.2. The van der Waals surface area contributed by atoms with Gasteiger partial charge in [0.1, 0.15) is 0 Å². The quantitative estimate of drug-likeness (QED) is 0.387. The summed E-state index contributed by atoms with van der Waals surface area (Å²) in [6, 6.07) is 0. The second-order valence-corrected chi connectivity index (χ2v) is 8.06. The molecule has 0 bridgehead atoms. The fraction of sp³-hybridized carbons (Fsp3) is 0.739. The normalized spacial score (nSPS) is 32.0. The van der Waals surface area contributed by atoms with Gasteiger partial charge in [-0.15, -0.1) is 13.2 Å². The van der Waals surface area contributed by atoms with Crippen molar-refractivity contribution in [3.8, 4) is 0 Å². The number of allylic oxidation sites excluding steroid dienone is 4. The third kappa shape index (κ3) is 7.10. The van der Waals surface area contributed by atoms with E-state index in [2.05, 4.69) is 37.5 Å². The van der Waals surface area contributed by atoms with Crippen LogP contribution in [0.3, 0.4) is 0 Å². The molecule has 0 aromatic rings. The van der Waals surface area contributed by atoms with Crippen molar-refractivity contribution in [3.63, 3.8) is 0 Å². The Morgan fingerprint density at radius 2 is 1.22 bits per heavy atom. The van der Waals surface area contributed by atoms with Crippen LogP contribution in [0, 0.1) is 23.7 Å². The van der Waals surface area contributed by atoms with Crippen LogP contribution >= 0.6 is 0 Å². The van der Waals surface area contributed by atoms with Crippen LogP contribution in [-0.2, 0) is 0 Å². The van der Waals surface area contributed by atoms with Crippen molar-refractivity contribution >= 4 is 0 Å². The summed E-state index contributed by atoms with van der Waals surface area (Å²) in [6.07, 6.45) is 27.3. The van der Waals surface area contributed by atoms with E-state index in [9.17, 15) is 0 Å². The molecule has 0 unspecified atom stereocenters. The molecule has 2 saturated carbocycles.